The summed E-state index contributed by atoms with van der Waals surface area (Å²) in [6.07, 6.45) is 0.484. The Kier molecular flexibility index (Phi) is 5.40. The molecule has 0 radical (unpaired) electrons. The molecule has 1 heterocycles. The highest BCUT2D eigenvalue weighted by atomic mass is 16.6. The van der Waals surface area contributed by atoms with Crippen molar-refractivity contribution in [2.24, 2.45) is 22.9 Å². The van der Waals surface area contributed by atoms with E-state index in [2.05, 4.69) is 24.3 Å². The molecule has 0 bridgehead atoms. The molecule has 1 N–H and O–H groups in total. The van der Waals surface area contributed by atoms with Gasteiger partial charge in [0, 0.05) is 6.04 Å². The van der Waals surface area contributed by atoms with Crippen molar-refractivity contribution in [1.29, 1.82) is 0 Å². The van der Waals surface area contributed by atoms with Gasteiger partial charge in [-0.1, -0.05) is 19.0 Å². The first-order valence-corrected chi connectivity index (χ1v) is 8.48. The lowest BCUT2D eigenvalue weighted by atomic mass is 9.86. The maximum Gasteiger partial charge on any atom is 0.407 e. The van der Waals surface area contributed by atoms with Crippen LogP contribution in [0.5, 0.6) is 0 Å². The average Bonchev–Trinajstić information content (AvgIpc) is 3.05. The molecule has 1 fully saturated rings. The predicted octanol–water partition coefficient (Wildman–Crippen LogP) is 2.49. The molecule has 5 atom stereocenters. The van der Waals surface area contributed by atoms with Crippen molar-refractivity contribution in [3.05, 3.63) is 0 Å². The van der Waals surface area contributed by atoms with Gasteiger partial charge in [-0.3, -0.25) is 4.79 Å². The van der Waals surface area contributed by atoms with Gasteiger partial charge in [-0.2, -0.15) is 0 Å². The number of nitrogens with zero attached hydrogens (tertiary/aromatic N) is 1. The van der Waals surface area contributed by atoms with Crippen LogP contribution >= 0.6 is 0 Å². The van der Waals surface area contributed by atoms with Gasteiger partial charge < -0.3 is 19.6 Å². The number of hydrogen-bond acceptors (Lipinski definition) is 6. The van der Waals surface area contributed by atoms with Crippen LogP contribution in [0.25, 0.3) is 0 Å². The Labute approximate surface area is 143 Å². The van der Waals surface area contributed by atoms with Crippen LogP contribution in [0.15, 0.2) is 5.16 Å². The van der Waals surface area contributed by atoms with Gasteiger partial charge in [0.1, 0.15) is 5.60 Å². The summed E-state index contributed by atoms with van der Waals surface area (Å²) >= 11 is 0. The summed E-state index contributed by atoms with van der Waals surface area (Å²) in [6.45, 7) is 9.58. The second-order valence-corrected chi connectivity index (χ2v) is 7.54. The first-order chi connectivity index (χ1) is 11.2. The van der Waals surface area contributed by atoms with Gasteiger partial charge in [0.2, 0.25) is 0 Å². The van der Waals surface area contributed by atoms with Gasteiger partial charge in [-0.05, 0) is 39.5 Å². The second-order valence-electron chi connectivity index (χ2n) is 7.54. The van der Waals surface area contributed by atoms with Gasteiger partial charge in [-0.15, -0.1) is 0 Å². The Balaban J connectivity index is 2.17. The van der Waals surface area contributed by atoms with Gasteiger partial charge in [-0.25, -0.2) is 4.79 Å². The van der Waals surface area contributed by atoms with E-state index >= 15 is 0 Å². The van der Waals surface area contributed by atoms with Crippen LogP contribution in [-0.2, 0) is 19.1 Å². The molecule has 2 aliphatic rings. The second kappa shape index (κ2) is 6.99. The molecule has 1 saturated carbocycles. The van der Waals surface area contributed by atoms with E-state index in [1.807, 2.05) is 20.8 Å². The first-order valence-electron chi connectivity index (χ1n) is 8.48. The Morgan fingerprint density at radius 2 is 2.08 bits per heavy atom. The third-order valence-corrected chi connectivity index (χ3v) is 4.64. The quantitative estimate of drug-likeness (QED) is 0.795. The third kappa shape index (κ3) is 3.82. The van der Waals surface area contributed by atoms with Crippen LogP contribution in [0.1, 0.15) is 47.5 Å². The average molecular weight is 340 g/mol. The highest BCUT2D eigenvalue weighted by Gasteiger charge is 2.55. The minimum atomic E-state index is -0.580. The number of carbonyl (C=O) groups excluding carboxylic acids is 2. The number of nitrogens with one attached hydrogen (secondary N) is 1. The van der Waals surface area contributed by atoms with E-state index in [0.717, 1.165) is 12.1 Å². The molecule has 0 spiro atoms. The fourth-order valence-electron chi connectivity index (χ4n) is 3.35. The van der Waals surface area contributed by atoms with E-state index in [1.54, 1.807) is 0 Å². The lowest BCUT2D eigenvalue weighted by Crippen LogP contribution is -2.44. The van der Waals surface area contributed by atoms with Crippen LogP contribution < -0.4 is 5.32 Å². The first kappa shape index (κ1) is 18.5. The molecule has 136 valence electrons. The molecular formula is C17H28N2O5. The van der Waals surface area contributed by atoms with Crippen molar-refractivity contribution < 1.29 is 23.9 Å². The van der Waals surface area contributed by atoms with Crippen LogP contribution in [0.4, 0.5) is 4.79 Å². The molecule has 24 heavy (non-hydrogen) atoms. The maximum absolute atomic E-state index is 12.2. The number of amides is 1. The molecule has 2 rings (SSSR count). The largest absolute Gasteiger partial charge is 0.469 e. The molecule has 0 saturated heterocycles. The topological polar surface area (TPSA) is 86.2 Å². The molecule has 1 aliphatic heterocycles. The minimum Gasteiger partial charge on any atom is -0.469 e. The SMILES string of the molecule is CCC(C)C1=NOC2C(C(=O)OC)CC(NC(=O)OC(C)(C)C)C12. The number of fused-ring (bicyclic) bond motifs is 1. The molecule has 0 aromatic carbocycles. The van der Waals surface area contributed by atoms with Crippen molar-refractivity contribution in [3.63, 3.8) is 0 Å². The zero-order valence-corrected chi connectivity index (χ0v) is 15.3. The van der Waals surface area contributed by atoms with Crippen molar-refractivity contribution in [1.82, 2.24) is 5.32 Å². The molecular weight excluding hydrogens is 312 g/mol. The lowest BCUT2D eigenvalue weighted by molar-refractivity contribution is -0.149. The molecule has 7 heteroatoms. The Bertz CT molecular complexity index is 526. The monoisotopic (exact) mass is 340 g/mol. The number of rotatable bonds is 4. The molecule has 0 aromatic heterocycles. The van der Waals surface area contributed by atoms with Crippen molar-refractivity contribution in [2.75, 3.05) is 7.11 Å². The van der Waals surface area contributed by atoms with Gasteiger partial charge >= 0.3 is 12.1 Å². The number of ether oxygens (including phenoxy) is 2. The van der Waals surface area contributed by atoms with E-state index in [9.17, 15) is 9.59 Å². The van der Waals surface area contributed by atoms with E-state index in [4.69, 9.17) is 14.3 Å². The molecule has 1 amide bonds. The Morgan fingerprint density at radius 3 is 2.62 bits per heavy atom. The Morgan fingerprint density at radius 1 is 1.42 bits per heavy atom. The predicted molar refractivity (Wildman–Crippen MR) is 88.5 cm³/mol. The summed E-state index contributed by atoms with van der Waals surface area (Å²) in [6, 6.07) is -0.260. The normalized spacial score (nSPS) is 30.0. The third-order valence-electron chi connectivity index (χ3n) is 4.64. The minimum absolute atomic E-state index is 0.128. The highest BCUT2D eigenvalue weighted by molar-refractivity contribution is 5.92. The van der Waals surface area contributed by atoms with E-state index < -0.39 is 17.6 Å². The molecule has 0 aromatic rings. The summed E-state index contributed by atoms with van der Waals surface area (Å²) in [5, 5.41) is 7.10. The standard InChI is InChI=1S/C17H28N2O5/c1-7-9(2)13-12-11(18-16(21)23-17(3,4)5)8-10(15(20)22-6)14(12)24-19-13/h9-12,14H,7-8H2,1-6H3,(H,18,21). The smallest absolute Gasteiger partial charge is 0.407 e. The van der Waals surface area contributed by atoms with E-state index in [1.165, 1.54) is 7.11 Å². The fourth-order valence-corrected chi connectivity index (χ4v) is 3.35. The van der Waals surface area contributed by atoms with Crippen molar-refractivity contribution in [2.45, 2.75) is 65.2 Å². The number of methoxy groups -OCH3 is 1. The highest BCUT2D eigenvalue weighted by Crippen LogP contribution is 2.41. The van der Waals surface area contributed by atoms with Crippen LogP contribution in [-0.4, -0.2) is 42.6 Å². The summed E-state index contributed by atoms with van der Waals surface area (Å²) in [5.74, 6) is -0.680. The van der Waals surface area contributed by atoms with Gasteiger partial charge in [0.25, 0.3) is 0 Å². The van der Waals surface area contributed by atoms with Crippen LogP contribution in [0, 0.1) is 17.8 Å². The lowest BCUT2D eigenvalue weighted by Gasteiger charge is -2.25. The summed E-state index contributed by atoms with van der Waals surface area (Å²) in [7, 11) is 1.36. The van der Waals surface area contributed by atoms with Gasteiger partial charge in [0.15, 0.2) is 6.10 Å². The fraction of sp³-hybridized carbons (Fsp3) is 0.824. The van der Waals surface area contributed by atoms with Crippen molar-refractivity contribution in [3.8, 4) is 0 Å². The number of hydrogen-bond donors (Lipinski definition) is 1. The molecule has 7 nitrogen and oxygen atoms in total. The zero-order chi connectivity index (χ0) is 18.1. The summed E-state index contributed by atoms with van der Waals surface area (Å²) in [4.78, 5) is 29.8. The van der Waals surface area contributed by atoms with Crippen molar-refractivity contribution >= 4 is 17.8 Å². The van der Waals surface area contributed by atoms with Crippen LogP contribution in [0.2, 0.25) is 0 Å². The number of esters is 1. The van der Waals surface area contributed by atoms with Gasteiger partial charge in [0.05, 0.1) is 24.7 Å². The summed E-state index contributed by atoms with van der Waals surface area (Å²) in [5.41, 5.74) is 0.318. The maximum atomic E-state index is 12.2. The van der Waals surface area contributed by atoms with E-state index in [0.29, 0.717) is 6.42 Å². The zero-order valence-electron chi connectivity index (χ0n) is 15.3. The summed E-state index contributed by atoms with van der Waals surface area (Å²) < 4.78 is 10.2. The molecule has 5 unspecified atom stereocenters. The van der Waals surface area contributed by atoms with E-state index in [-0.39, 0.29) is 30.0 Å². The number of oxime groups is 1. The number of carbonyl (C=O) groups is 2. The molecule has 1 aliphatic carbocycles. The van der Waals surface area contributed by atoms with Crippen LogP contribution in [0.3, 0.4) is 0 Å². The number of alkyl carbamates (subject to hydrolysis) is 1. The Hall–Kier alpha value is -1.79.